The van der Waals surface area contributed by atoms with Gasteiger partial charge < -0.3 is 29.2 Å². The van der Waals surface area contributed by atoms with Crippen LogP contribution in [0.5, 0.6) is 0 Å². The van der Waals surface area contributed by atoms with Crippen molar-refractivity contribution in [3.63, 3.8) is 0 Å². The van der Waals surface area contributed by atoms with Crippen LogP contribution >= 0.6 is 0 Å². The van der Waals surface area contributed by atoms with E-state index in [1.165, 1.54) is 11.6 Å². The van der Waals surface area contributed by atoms with E-state index in [0.29, 0.717) is 51.4 Å². The molecular formula is C35H55N3O6. The lowest BCUT2D eigenvalue weighted by atomic mass is 9.91. The Hall–Kier alpha value is -2.75. The molecule has 2 aromatic rings. The van der Waals surface area contributed by atoms with E-state index < -0.39 is 5.97 Å². The van der Waals surface area contributed by atoms with Gasteiger partial charge in [-0.05, 0) is 73.5 Å². The summed E-state index contributed by atoms with van der Waals surface area (Å²) in [4.78, 5) is 28.9. The lowest BCUT2D eigenvalue weighted by Gasteiger charge is -2.18. The molecule has 1 unspecified atom stereocenters. The minimum atomic E-state index is -0.821. The van der Waals surface area contributed by atoms with E-state index in [1.807, 2.05) is 6.20 Å². The molecule has 0 bridgehead atoms. The molecule has 44 heavy (non-hydrogen) atoms. The Balaban J connectivity index is 1.32. The first-order valence-electron chi connectivity index (χ1n) is 16.7. The van der Waals surface area contributed by atoms with E-state index in [-0.39, 0.29) is 17.9 Å². The maximum absolute atomic E-state index is 12.5. The van der Waals surface area contributed by atoms with Gasteiger partial charge in [0.2, 0.25) is 0 Å². The van der Waals surface area contributed by atoms with Crippen LogP contribution in [0.15, 0.2) is 35.3 Å². The summed E-state index contributed by atoms with van der Waals surface area (Å²) in [6.07, 6.45) is 11.1. The van der Waals surface area contributed by atoms with E-state index in [2.05, 4.69) is 38.2 Å². The summed E-state index contributed by atoms with van der Waals surface area (Å²) >= 11 is 0. The van der Waals surface area contributed by atoms with Crippen LogP contribution in [0.3, 0.4) is 0 Å². The maximum atomic E-state index is 12.5. The Morgan fingerprint density at radius 3 is 2.41 bits per heavy atom. The fourth-order valence-corrected chi connectivity index (χ4v) is 5.43. The van der Waals surface area contributed by atoms with Crippen molar-refractivity contribution in [1.29, 1.82) is 0 Å². The van der Waals surface area contributed by atoms with Gasteiger partial charge >= 0.3 is 5.97 Å². The van der Waals surface area contributed by atoms with Gasteiger partial charge in [-0.1, -0.05) is 52.2 Å². The van der Waals surface area contributed by atoms with Crippen molar-refractivity contribution in [2.45, 2.75) is 97.4 Å². The van der Waals surface area contributed by atoms with Crippen molar-refractivity contribution in [2.75, 3.05) is 51.5 Å². The number of ether oxygens (including phenoxy) is 3. The van der Waals surface area contributed by atoms with Crippen LogP contribution < -0.4 is 10.9 Å². The van der Waals surface area contributed by atoms with E-state index in [0.717, 1.165) is 88.0 Å². The molecule has 9 heteroatoms. The summed E-state index contributed by atoms with van der Waals surface area (Å²) < 4.78 is 18.5. The standard InChI is InChI=1S/C35H55N3O6/c1-27(2)28(3)16-19-42-21-23-44-24-22-43-20-18-38-26-31(13-15-33(38)39)30(25-34(40)41)9-6-4-5-7-11-32-14-12-29-10-8-17-36-35(29)37-32/h12-15,26-28,30H,4-11,16-25H2,1-3H3,(H,36,37)(H,40,41)/t28?,30-/m1/s1. The average molecular weight is 614 g/mol. The number of aromatic nitrogens is 2. The Kier molecular flexibility index (Phi) is 16.5. The molecule has 0 aliphatic carbocycles. The monoisotopic (exact) mass is 613 g/mol. The zero-order valence-electron chi connectivity index (χ0n) is 27.2. The van der Waals surface area contributed by atoms with E-state index in [1.54, 1.807) is 10.6 Å². The van der Waals surface area contributed by atoms with E-state index >= 15 is 0 Å². The lowest BCUT2D eigenvalue weighted by molar-refractivity contribution is -0.137. The summed E-state index contributed by atoms with van der Waals surface area (Å²) in [6, 6.07) is 7.67. The molecule has 2 N–H and O–H groups in total. The topological polar surface area (TPSA) is 112 Å². The highest BCUT2D eigenvalue weighted by atomic mass is 16.5. The minimum Gasteiger partial charge on any atom is -0.481 e. The molecule has 2 atom stereocenters. The fraction of sp³-hybridized carbons (Fsp3) is 0.686. The van der Waals surface area contributed by atoms with E-state index in [9.17, 15) is 14.7 Å². The number of pyridine rings is 2. The van der Waals surface area contributed by atoms with Crippen molar-refractivity contribution < 1.29 is 24.1 Å². The zero-order valence-corrected chi connectivity index (χ0v) is 27.2. The van der Waals surface area contributed by atoms with Gasteiger partial charge in [0, 0.05) is 37.7 Å². The molecule has 9 nitrogen and oxygen atoms in total. The van der Waals surface area contributed by atoms with Crippen molar-refractivity contribution >= 4 is 11.8 Å². The van der Waals surface area contributed by atoms with E-state index in [4.69, 9.17) is 19.2 Å². The van der Waals surface area contributed by atoms with Crippen molar-refractivity contribution in [2.24, 2.45) is 11.8 Å². The summed E-state index contributed by atoms with van der Waals surface area (Å²) in [6.45, 7) is 11.3. The molecule has 0 saturated carbocycles. The van der Waals surface area contributed by atoms with Crippen LogP contribution in [0.1, 0.15) is 94.9 Å². The van der Waals surface area contributed by atoms with Gasteiger partial charge in [-0.25, -0.2) is 4.98 Å². The number of fused-ring (bicyclic) bond motifs is 1. The van der Waals surface area contributed by atoms with Crippen LogP contribution in [0.2, 0.25) is 0 Å². The third kappa shape index (κ3) is 13.5. The number of carboxylic acids is 1. The first kappa shape index (κ1) is 35.7. The third-order valence-corrected chi connectivity index (χ3v) is 8.66. The summed E-state index contributed by atoms with van der Waals surface area (Å²) in [5.41, 5.74) is 3.22. The molecule has 0 fully saturated rings. The highest BCUT2D eigenvalue weighted by Crippen LogP contribution is 2.26. The third-order valence-electron chi connectivity index (χ3n) is 8.66. The molecular weight excluding hydrogens is 558 g/mol. The van der Waals surface area contributed by atoms with Gasteiger partial charge in [0.1, 0.15) is 5.82 Å². The summed E-state index contributed by atoms with van der Waals surface area (Å²) in [5, 5.41) is 12.9. The fourth-order valence-electron chi connectivity index (χ4n) is 5.43. The normalized spacial score (nSPS) is 14.3. The number of aliphatic carboxylic acids is 1. The van der Waals surface area contributed by atoms with Crippen LogP contribution in [0.25, 0.3) is 0 Å². The first-order valence-corrected chi connectivity index (χ1v) is 16.7. The number of nitrogens with one attached hydrogen (secondary N) is 1. The molecule has 0 saturated heterocycles. The van der Waals surface area contributed by atoms with Gasteiger partial charge in [-0.3, -0.25) is 9.59 Å². The van der Waals surface area contributed by atoms with Gasteiger partial charge in [0.15, 0.2) is 0 Å². The summed E-state index contributed by atoms with van der Waals surface area (Å²) in [5.74, 6) is 1.43. The van der Waals surface area contributed by atoms with Gasteiger partial charge in [-0.15, -0.1) is 0 Å². The maximum Gasteiger partial charge on any atom is 0.303 e. The molecule has 246 valence electrons. The Labute approximate surface area is 263 Å². The number of unbranched alkanes of at least 4 members (excludes halogenated alkanes) is 3. The molecule has 3 heterocycles. The Morgan fingerprint density at radius 1 is 0.932 bits per heavy atom. The number of hydrogen-bond donors (Lipinski definition) is 2. The smallest absolute Gasteiger partial charge is 0.303 e. The second-order valence-electron chi connectivity index (χ2n) is 12.4. The summed E-state index contributed by atoms with van der Waals surface area (Å²) in [7, 11) is 0. The lowest BCUT2D eigenvalue weighted by Crippen LogP contribution is -2.23. The number of rotatable bonds is 23. The highest BCUT2D eigenvalue weighted by molar-refractivity contribution is 5.68. The Bertz CT molecular complexity index is 1170. The second-order valence-corrected chi connectivity index (χ2v) is 12.4. The molecule has 3 rings (SSSR count). The quantitative estimate of drug-likeness (QED) is 0.145. The number of hydrogen-bond acceptors (Lipinski definition) is 7. The van der Waals surface area contributed by atoms with Gasteiger partial charge in [0.25, 0.3) is 5.56 Å². The van der Waals surface area contributed by atoms with Crippen LogP contribution in [0.4, 0.5) is 5.82 Å². The first-order chi connectivity index (χ1) is 21.3. The van der Waals surface area contributed by atoms with Crippen LogP contribution in [0, 0.1) is 11.8 Å². The SMILES string of the molecule is CC(C)C(C)CCOCCOCCOCCn1cc([C@H](CCCCCCc2ccc3c(n2)NCCC3)CC(=O)O)ccc1=O. The van der Waals surface area contributed by atoms with Gasteiger partial charge in [0.05, 0.1) is 39.5 Å². The average Bonchev–Trinajstić information content (AvgIpc) is 3.01. The van der Waals surface area contributed by atoms with Crippen molar-refractivity contribution in [3.05, 3.63) is 57.6 Å². The predicted octanol–water partition coefficient (Wildman–Crippen LogP) is 6.08. The van der Waals surface area contributed by atoms with Crippen molar-refractivity contribution in [3.8, 4) is 0 Å². The van der Waals surface area contributed by atoms with Crippen molar-refractivity contribution in [1.82, 2.24) is 9.55 Å². The predicted molar refractivity (Wildman–Crippen MR) is 175 cm³/mol. The van der Waals surface area contributed by atoms with Crippen LogP contribution in [-0.4, -0.2) is 66.8 Å². The second kappa shape index (κ2) is 20.3. The zero-order chi connectivity index (χ0) is 31.6. The number of aryl methyl sites for hydroxylation is 2. The molecule has 0 amide bonds. The molecule has 2 aromatic heterocycles. The molecule has 0 spiro atoms. The Morgan fingerprint density at radius 2 is 1.66 bits per heavy atom. The minimum absolute atomic E-state index is 0.0541. The number of carboxylic acid groups (broad SMARTS) is 1. The molecule has 1 aliphatic rings. The van der Waals surface area contributed by atoms with Crippen LogP contribution in [-0.2, 0) is 38.4 Å². The molecule has 0 radical (unpaired) electrons. The molecule has 1 aliphatic heterocycles. The van der Waals surface area contributed by atoms with Gasteiger partial charge in [-0.2, -0.15) is 0 Å². The number of carbonyl (C=O) groups is 1. The number of nitrogens with zero attached hydrogens (tertiary/aromatic N) is 2. The largest absolute Gasteiger partial charge is 0.481 e. The highest BCUT2D eigenvalue weighted by Gasteiger charge is 2.17. The number of anilines is 1. The molecule has 0 aromatic carbocycles.